The lowest BCUT2D eigenvalue weighted by molar-refractivity contribution is 0.189. The molecule has 2 aromatic rings. The molecule has 1 aliphatic heterocycles. The van der Waals surface area contributed by atoms with Crippen LogP contribution in [0, 0.1) is 0 Å². The Morgan fingerprint density at radius 2 is 1.67 bits per heavy atom. The summed E-state index contributed by atoms with van der Waals surface area (Å²) in [6.07, 6.45) is -0.0733. The highest BCUT2D eigenvalue weighted by atomic mass is 32.2. The van der Waals surface area contributed by atoms with Crippen molar-refractivity contribution in [2.45, 2.75) is 17.4 Å². The maximum Gasteiger partial charge on any atom is 0.243 e. The summed E-state index contributed by atoms with van der Waals surface area (Å²) in [5.74, 6) is 0. The molecule has 3 rings (SSSR count). The first-order valence-corrected chi connectivity index (χ1v) is 8.36. The average Bonchev–Trinajstić information content (AvgIpc) is 2.95. The summed E-state index contributed by atoms with van der Waals surface area (Å²) in [6.45, 7) is 0.540. The summed E-state index contributed by atoms with van der Waals surface area (Å²) in [5, 5.41) is 9.59. The van der Waals surface area contributed by atoms with Crippen molar-refractivity contribution in [3.8, 4) is 11.1 Å². The summed E-state index contributed by atoms with van der Waals surface area (Å²) in [7, 11) is -3.58. The fourth-order valence-electron chi connectivity index (χ4n) is 2.62. The van der Waals surface area contributed by atoms with Crippen LogP contribution in [0.3, 0.4) is 0 Å². The van der Waals surface area contributed by atoms with Gasteiger partial charge in [0.1, 0.15) is 0 Å². The highest BCUT2D eigenvalue weighted by molar-refractivity contribution is 7.89. The lowest BCUT2D eigenvalue weighted by atomic mass is 10.1. The van der Waals surface area contributed by atoms with Gasteiger partial charge in [-0.1, -0.05) is 48.5 Å². The third-order valence-electron chi connectivity index (χ3n) is 3.72. The van der Waals surface area contributed by atoms with Gasteiger partial charge in [-0.3, -0.25) is 0 Å². The quantitative estimate of drug-likeness (QED) is 0.945. The Kier molecular flexibility index (Phi) is 3.80. The SMILES string of the molecule is O=S(=O)(c1ccccc1-c1ccccc1)N1CC[C@H](O)C1. The third-order valence-corrected chi connectivity index (χ3v) is 5.64. The molecule has 0 bridgehead atoms. The van der Waals surface area contributed by atoms with E-state index in [9.17, 15) is 13.5 Å². The number of hydrogen-bond donors (Lipinski definition) is 1. The van der Waals surface area contributed by atoms with Crippen molar-refractivity contribution in [1.82, 2.24) is 4.31 Å². The van der Waals surface area contributed by atoms with Gasteiger partial charge < -0.3 is 5.11 Å². The third kappa shape index (κ3) is 2.72. The van der Waals surface area contributed by atoms with Gasteiger partial charge in [0.25, 0.3) is 0 Å². The van der Waals surface area contributed by atoms with Crippen LogP contribution < -0.4 is 0 Å². The second-order valence-electron chi connectivity index (χ2n) is 5.17. The van der Waals surface area contributed by atoms with Crippen LogP contribution in [0.4, 0.5) is 0 Å². The maximum atomic E-state index is 12.8. The number of aliphatic hydroxyl groups excluding tert-OH is 1. The van der Waals surface area contributed by atoms with E-state index in [2.05, 4.69) is 0 Å². The minimum Gasteiger partial charge on any atom is -0.392 e. The topological polar surface area (TPSA) is 57.6 Å². The summed E-state index contributed by atoms with van der Waals surface area (Å²) < 4.78 is 26.9. The zero-order valence-electron chi connectivity index (χ0n) is 11.5. The molecule has 1 saturated heterocycles. The van der Waals surface area contributed by atoms with Gasteiger partial charge in [0, 0.05) is 18.7 Å². The van der Waals surface area contributed by atoms with E-state index in [1.54, 1.807) is 12.1 Å². The molecule has 0 aromatic heterocycles. The number of nitrogens with zero attached hydrogens (tertiary/aromatic N) is 1. The molecule has 0 amide bonds. The Morgan fingerprint density at radius 1 is 1.00 bits per heavy atom. The Hall–Kier alpha value is -1.69. The van der Waals surface area contributed by atoms with Crippen LogP contribution in [0.25, 0.3) is 11.1 Å². The van der Waals surface area contributed by atoms with Gasteiger partial charge >= 0.3 is 0 Å². The summed E-state index contributed by atoms with van der Waals surface area (Å²) >= 11 is 0. The van der Waals surface area contributed by atoms with E-state index in [1.807, 2.05) is 42.5 Å². The molecule has 4 nitrogen and oxygen atoms in total. The minimum atomic E-state index is -3.58. The van der Waals surface area contributed by atoms with Gasteiger partial charge in [-0.15, -0.1) is 0 Å². The van der Waals surface area contributed by atoms with Crippen LogP contribution in [-0.2, 0) is 10.0 Å². The van der Waals surface area contributed by atoms with Crippen molar-refractivity contribution in [3.05, 3.63) is 54.6 Å². The van der Waals surface area contributed by atoms with Gasteiger partial charge in [-0.2, -0.15) is 4.31 Å². The van der Waals surface area contributed by atoms with Gasteiger partial charge in [0.2, 0.25) is 10.0 Å². The molecular weight excluding hydrogens is 286 g/mol. The highest BCUT2D eigenvalue weighted by Gasteiger charge is 2.32. The summed E-state index contributed by atoms with van der Waals surface area (Å²) in [6, 6.07) is 16.5. The molecule has 1 heterocycles. The van der Waals surface area contributed by atoms with Crippen molar-refractivity contribution < 1.29 is 13.5 Å². The van der Waals surface area contributed by atoms with E-state index in [1.165, 1.54) is 4.31 Å². The lowest BCUT2D eigenvalue weighted by Gasteiger charge is -2.18. The molecule has 21 heavy (non-hydrogen) atoms. The lowest BCUT2D eigenvalue weighted by Crippen LogP contribution is -2.30. The molecule has 0 radical (unpaired) electrons. The summed E-state index contributed by atoms with van der Waals surface area (Å²) in [5.41, 5.74) is 1.57. The second kappa shape index (κ2) is 5.60. The number of hydrogen-bond acceptors (Lipinski definition) is 3. The van der Waals surface area contributed by atoms with E-state index in [0.717, 1.165) is 5.56 Å². The predicted octanol–water partition coefficient (Wildman–Crippen LogP) is 2.11. The smallest absolute Gasteiger partial charge is 0.243 e. The number of sulfonamides is 1. The molecule has 1 N–H and O–H groups in total. The number of aliphatic hydroxyl groups is 1. The van der Waals surface area contributed by atoms with E-state index in [-0.39, 0.29) is 6.54 Å². The van der Waals surface area contributed by atoms with Crippen LogP contribution in [0.15, 0.2) is 59.5 Å². The van der Waals surface area contributed by atoms with Crippen molar-refractivity contribution in [2.24, 2.45) is 0 Å². The molecule has 1 atom stereocenters. The Balaban J connectivity index is 2.07. The minimum absolute atomic E-state index is 0.172. The monoisotopic (exact) mass is 303 g/mol. The van der Waals surface area contributed by atoms with Gasteiger partial charge in [0.15, 0.2) is 0 Å². The van der Waals surface area contributed by atoms with E-state index in [0.29, 0.717) is 23.4 Å². The molecule has 1 aliphatic rings. The molecule has 1 fully saturated rings. The van der Waals surface area contributed by atoms with Gasteiger partial charge in [-0.05, 0) is 18.1 Å². The normalized spacial score (nSPS) is 19.8. The number of benzene rings is 2. The van der Waals surface area contributed by atoms with Crippen LogP contribution in [-0.4, -0.2) is 37.0 Å². The van der Waals surface area contributed by atoms with Crippen LogP contribution in [0.1, 0.15) is 6.42 Å². The van der Waals surface area contributed by atoms with Crippen molar-refractivity contribution in [1.29, 1.82) is 0 Å². The second-order valence-corrected chi connectivity index (χ2v) is 7.07. The van der Waals surface area contributed by atoms with Gasteiger partial charge in [-0.25, -0.2) is 8.42 Å². The fraction of sp³-hybridized carbons (Fsp3) is 0.250. The number of rotatable bonds is 3. The van der Waals surface area contributed by atoms with Crippen LogP contribution >= 0.6 is 0 Å². The van der Waals surface area contributed by atoms with E-state index in [4.69, 9.17) is 0 Å². The largest absolute Gasteiger partial charge is 0.392 e. The first kappa shape index (κ1) is 14.3. The number of β-amino-alcohol motifs (C(OH)–C–C–N with tert-alkyl or cyclic N) is 1. The van der Waals surface area contributed by atoms with Crippen LogP contribution in [0.2, 0.25) is 0 Å². The molecule has 0 unspecified atom stereocenters. The Labute approximate surface area is 124 Å². The predicted molar refractivity (Wildman–Crippen MR) is 81.3 cm³/mol. The first-order valence-electron chi connectivity index (χ1n) is 6.92. The average molecular weight is 303 g/mol. The summed E-state index contributed by atoms with van der Waals surface area (Å²) in [4.78, 5) is 0.297. The zero-order valence-corrected chi connectivity index (χ0v) is 12.3. The van der Waals surface area contributed by atoms with Crippen molar-refractivity contribution in [2.75, 3.05) is 13.1 Å². The molecule has 0 saturated carbocycles. The zero-order chi connectivity index (χ0) is 14.9. The molecule has 110 valence electrons. The van der Waals surface area contributed by atoms with Crippen molar-refractivity contribution in [3.63, 3.8) is 0 Å². The van der Waals surface area contributed by atoms with E-state index < -0.39 is 16.1 Å². The molecule has 2 aromatic carbocycles. The maximum absolute atomic E-state index is 12.8. The Morgan fingerprint density at radius 3 is 2.33 bits per heavy atom. The highest BCUT2D eigenvalue weighted by Crippen LogP contribution is 2.30. The first-order chi connectivity index (χ1) is 10.1. The van der Waals surface area contributed by atoms with E-state index >= 15 is 0 Å². The molecule has 5 heteroatoms. The van der Waals surface area contributed by atoms with Crippen molar-refractivity contribution >= 4 is 10.0 Å². The molecule has 0 aliphatic carbocycles. The Bertz CT molecular complexity index is 728. The standard InChI is InChI=1S/C16H17NO3S/c18-14-10-11-17(12-14)21(19,20)16-9-5-4-8-15(16)13-6-2-1-3-7-13/h1-9,14,18H,10-12H2/t14-/m0/s1. The van der Waals surface area contributed by atoms with Crippen LogP contribution in [0.5, 0.6) is 0 Å². The molecular formula is C16H17NO3S. The van der Waals surface area contributed by atoms with Gasteiger partial charge in [0.05, 0.1) is 11.0 Å². The molecule has 0 spiro atoms. The fourth-order valence-corrected chi connectivity index (χ4v) is 4.32.